The summed E-state index contributed by atoms with van der Waals surface area (Å²) in [5.41, 5.74) is 0. The summed E-state index contributed by atoms with van der Waals surface area (Å²) in [4.78, 5) is 1.01. The Balaban J connectivity index is 2.76. The van der Waals surface area contributed by atoms with E-state index in [1.807, 2.05) is 11.4 Å². The lowest BCUT2D eigenvalue weighted by molar-refractivity contribution is 1.60. The van der Waals surface area contributed by atoms with Gasteiger partial charge in [0, 0.05) is 4.90 Å². The predicted octanol–water partition coefficient (Wildman–Crippen LogP) is 2.79. The molecule has 0 aliphatic rings. The lowest BCUT2D eigenvalue weighted by Crippen LogP contribution is -1.44. The highest BCUT2D eigenvalue weighted by molar-refractivity contribution is 8.21. The van der Waals surface area contributed by atoms with E-state index in [0.717, 1.165) is 4.90 Å². The summed E-state index contributed by atoms with van der Waals surface area (Å²) in [7, 11) is 6.56. The first-order valence-corrected chi connectivity index (χ1v) is 4.19. The number of hydrogen-bond donors (Lipinski definition) is 0. The molecule has 1 radical (unpaired) electrons. The molecule has 3 heteroatoms. The zero-order valence-electron chi connectivity index (χ0n) is 3.35. The molecule has 0 aliphatic carbocycles. The monoisotopic (exact) mass is 149 g/mol. The molecular weight excluding hydrogens is 148 g/mol. The van der Waals surface area contributed by atoms with Gasteiger partial charge in [0.15, 0.2) is 0 Å². The van der Waals surface area contributed by atoms with E-state index in [2.05, 4.69) is 5.38 Å². The normalized spacial score (nSPS) is 9.29. The molecule has 0 bridgehead atoms. The molecule has 1 aromatic heterocycles. The van der Waals surface area contributed by atoms with E-state index in [4.69, 9.17) is 10.7 Å². The maximum Gasteiger partial charge on any atom is 0.0602 e. The van der Waals surface area contributed by atoms with Crippen LogP contribution in [0.15, 0.2) is 16.3 Å². The smallest absolute Gasteiger partial charge is 0.0602 e. The van der Waals surface area contributed by atoms with Crippen LogP contribution in [0.2, 0.25) is 0 Å². The molecule has 1 aromatic rings. The molecule has 0 unspecified atom stereocenters. The van der Waals surface area contributed by atoms with Crippen molar-refractivity contribution in [2.75, 3.05) is 0 Å². The molecule has 0 saturated carbocycles. The minimum absolute atomic E-state index is 1.01. The fourth-order valence-electron chi connectivity index (χ4n) is 0.263. The second-order valence-corrected chi connectivity index (χ2v) is 2.73. The summed E-state index contributed by atoms with van der Waals surface area (Å²) in [5, 5.41) is 4.91. The van der Waals surface area contributed by atoms with Gasteiger partial charge in [0.1, 0.15) is 0 Å². The van der Waals surface area contributed by atoms with Gasteiger partial charge in [0.25, 0.3) is 0 Å². The van der Waals surface area contributed by atoms with Crippen LogP contribution in [0.4, 0.5) is 0 Å². The molecule has 0 amide bonds. The summed E-state index contributed by atoms with van der Waals surface area (Å²) in [6, 6.07) is 1.93. The molecule has 0 fully saturated rings. The molecule has 0 nitrogen and oxygen atoms in total. The minimum atomic E-state index is 1.01. The van der Waals surface area contributed by atoms with E-state index in [-0.39, 0.29) is 0 Å². The molecule has 1 heterocycles. The van der Waals surface area contributed by atoms with Gasteiger partial charge in [-0.1, -0.05) is 0 Å². The number of thiophene rings is 1. The van der Waals surface area contributed by atoms with Gasteiger partial charge < -0.3 is 0 Å². The SMILES string of the molecule is ClSc1[c]scc1. The lowest BCUT2D eigenvalue weighted by atomic mass is 10.7. The summed E-state index contributed by atoms with van der Waals surface area (Å²) in [6.45, 7) is 0. The zero-order chi connectivity index (χ0) is 5.11. The van der Waals surface area contributed by atoms with Crippen molar-refractivity contribution in [2.24, 2.45) is 0 Å². The predicted molar refractivity (Wildman–Crippen MR) is 34.9 cm³/mol. The van der Waals surface area contributed by atoms with E-state index in [1.54, 1.807) is 0 Å². The average Bonchev–Trinajstić information content (AvgIpc) is 2.14. The first-order valence-electron chi connectivity index (χ1n) is 1.67. The van der Waals surface area contributed by atoms with E-state index >= 15 is 0 Å². The van der Waals surface area contributed by atoms with Crippen molar-refractivity contribution in [2.45, 2.75) is 4.90 Å². The maximum absolute atomic E-state index is 5.36. The molecular formula is C4H2ClS2. The van der Waals surface area contributed by atoms with Crippen LogP contribution in [0, 0.1) is 5.38 Å². The summed E-state index contributed by atoms with van der Waals surface area (Å²) in [6.07, 6.45) is 0. The Bertz CT molecular complexity index is 124. The highest BCUT2D eigenvalue weighted by atomic mass is 35.7. The van der Waals surface area contributed by atoms with Crippen molar-refractivity contribution < 1.29 is 0 Å². The highest BCUT2D eigenvalue weighted by Gasteiger charge is 1.86. The van der Waals surface area contributed by atoms with Gasteiger partial charge in [0.2, 0.25) is 0 Å². The Morgan fingerprint density at radius 3 is 3.00 bits per heavy atom. The molecule has 0 aliphatic heterocycles. The number of rotatable bonds is 1. The molecule has 0 saturated heterocycles. The minimum Gasteiger partial charge on any atom is -0.142 e. The Morgan fingerprint density at radius 2 is 2.71 bits per heavy atom. The van der Waals surface area contributed by atoms with Crippen LogP contribution in [0.1, 0.15) is 0 Å². The van der Waals surface area contributed by atoms with Crippen molar-refractivity contribution in [3.05, 3.63) is 16.8 Å². The summed E-state index contributed by atoms with van der Waals surface area (Å²) in [5.74, 6) is 0. The van der Waals surface area contributed by atoms with E-state index in [0.29, 0.717) is 0 Å². The third-order valence-electron chi connectivity index (χ3n) is 0.530. The van der Waals surface area contributed by atoms with Gasteiger partial charge in [-0.3, -0.25) is 0 Å². The van der Waals surface area contributed by atoms with Gasteiger partial charge in [-0.25, -0.2) is 0 Å². The van der Waals surface area contributed by atoms with Crippen molar-refractivity contribution in [3.8, 4) is 0 Å². The van der Waals surface area contributed by atoms with Crippen molar-refractivity contribution >= 4 is 33.0 Å². The van der Waals surface area contributed by atoms with Crippen LogP contribution >= 0.6 is 33.0 Å². The Labute approximate surface area is 55.0 Å². The third-order valence-corrected chi connectivity index (χ3v) is 2.17. The first kappa shape index (κ1) is 5.48. The summed E-state index contributed by atoms with van der Waals surface area (Å²) >= 11 is 1.53. The van der Waals surface area contributed by atoms with E-state index in [1.165, 1.54) is 22.3 Å². The average molecular weight is 150 g/mol. The Kier molecular flexibility index (Phi) is 2.03. The van der Waals surface area contributed by atoms with E-state index < -0.39 is 0 Å². The van der Waals surface area contributed by atoms with Gasteiger partial charge in [-0.05, 0) is 33.1 Å². The topological polar surface area (TPSA) is 0 Å². The van der Waals surface area contributed by atoms with Crippen LogP contribution in [0.5, 0.6) is 0 Å². The summed E-state index contributed by atoms with van der Waals surface area (Å²) < 4.78 is 0. The molecule has 0 spiro atoms. The van der Waals surface area contributed by atoms with Crippen molar-refractivity contribution in [1.29, 1.82) is 0 Å². The standard InChI is InChI=1S/C4H2ClS2/c5-7-4-1-2-6-3-4/h1-2H. The molecule has 37 valence electrons. The molecule has 0 N–H and O–H groups in total. The second kappa shape index (κ2) is 2.60. The van der Waals surface area contributed by atoms with Crippen LogP contribution in [0.3, 0.4) is 0 Å². The van der Waals surface area contributed by atoms with Gasteiger partial charge in [-0.15, -0.1) is 11.3 Å². The third kappa shape index (κ3) is 1.37. The first-order chi connectivity index (χ1) is 3.43. The van der Waals surface area contributed by atoms with Crippen LogP contribution in [-0.4, -0.2) is 0 Å². The molecule has 1 rings (SSSR count). The Morgan fingerprint density at radius 1 is 1.86 bits per heavy atom. The quantitative estimate of drug-likeness (QED) is 0.592. The van der Waals surface area contributed by atoms with Gasteiger partial charge >= 0.3 is 0 Å². The van der Waals surface area contributed by atoms with Crippen LogP contribution < -0.4 is 0 Å². The maximum atomic E-state index is 5.36. The molecule has 7 heavy (non-hydrogen) atoms. The van der Waals surface area contributed by atoms with Gasteiger partial charge in [-0.2, -0.15) is 0 Å². The number of hydrogen-bond acceptors (Lipinski definition) is 2. The second-order valence-electron chi connectivity index (χ2n) is 0.964. The lowest BCUT2D eigenvalue weighted by Gasteiger charge is -1.74. The van der Waals surface area contributed by atoms with Crippen molar-refractivity contribution in [3.63, 3.8) is 0 Å². The molecule has 0 aromatic carbocycles. The Hall–Kier alpha value is 0.340. The molecule has 0 atom stereocenters. The largest absolute Gasteiger partial charge is 0.142 e. The zero-order valence-corrected chi connectivity index (χ0v) is 5.74. The van der Waals surface area contributed by atoms with Crippen LogP contribution in [0.25, 0.3) is 0 Å². The van der Waals surface area contributed by atoms with Crippen LogP contribution in [-0.2, 0) is 0 Å². The fraction of sp³-hybridized carbons (Fsp3) is 0. The fourth-order valence-corrected chi connectivity index (χ4v) is 1.63. The van der Waals surface area contributed by atoms with Crippen molar-refractivity contribution in [1.82, 2.24) is 0 Å². The highest BCUT2D eigenvalue weighted by Crippen LogP contribution is 2.22. The number of halogens is 1. The van der Waals surface area contributed by atoms with Gasteiger partial charge in [0.05, 0.1) is 5.38 Å². The van der Waals surface area contributed by atoms with E-state index in [9.17, 15) is 0 Å².